The van der Waals surface area contributed by atoms with Crippen molar-refractivity contribution in [3.63, 3.8) is 0 Å². The first-order valence-corrected chi connectivity index (χ1v) is 8.15. The molecule has 2 N–H and O–H groups in total. The van der Waals surface area contributed by atoms with E-state index in [4.69, 9.17) is 0 Å². The lowest BCUT2D eigenvalue weighted by Gasteiger charge is -2.49. The van der Waals surface area contributed by atoms with Crippen molar-refractivity contribution in [1.29, 1.82) is 0 Å². The highest BCUT2D eigenvalue weighted by molar-refractivity contribution is 5.14. The van der Waals surface area contributed by atoms with Crippen LogP contribution in [0.5, 0.6) is 0 Å². The highest BCUT2D eigenvalue weighted by Crippen LogP contribution is 2.29. The largest absolute Gasteiger partial charge is 0.394 e. The molecule has 0 atom stereocenters. The van der Waals surface area contributed by atoms with Crippen molar-refractivity contribution in [2.45, 2.75) is 24.9 Å². The average molecular weight is 289 g/mol. The zero-order valence-corrected chi connectivity index (χ0v) is 12.8. The summed E-state index contributed by atoms with van der Waals surface area (Å²) >= 11 is 0. The van der Waals surface area contributed by atoms with Crippen LogP contribution < -0.4 is 5.32 Å². The molecular formula is C17H27N3O. The molecule has 2 heterocycles. The molecule has 0 saturated carbocycles. The molecule has 2 saturated heterocycles. The third kappa shape index (κ3) is 3.46. The summed E-state index contributed by atoms with van der Waals surface area (Å²) in [7, 11) is 0. The van der Waals surface area contributed by atoms with Gasteiger partial charge in [0.25, 0.3) is 0 Å². The molecule has 21 heavy (non-hydrogen) atoms. The highest BCUT2D eigenvalue weighted by atomic mass is 16.3. The molecule has 2 aliphatic rings. The van der Waals surface area contributed by atoms with Crippen molar-refractivity contribution in [3.8, 4) is 0 Å². The molecule has 116 valence electrons. The van der Waals surface area contributed by atoms with Crippen LogP contribution in [0.15, 0.2) is 30.3 Å². The lowest BCUT2D eigenvalue weighted by Crippen LogP contribution is -2.61. The highest BCUT2D eigenvalue weighted by Gasteiger charge is 2.39. The second kappa shape index (κ2) is 6.88. The predicted octanol–water partition coefficient (Wildman–Crippen LogP) is 0.919. The molecule has 0 bridgehead atoms. The quantitative estimate of drug-likeness (QED) is 0.864. The van der Waals surface area contributed by atoms with Crippen LogP contribution in [-0.4, -0.2) is 66.3 Å². The third-order valence-electron chi connectivity index (χ3n) is 5.12. The van der Waals surface area contributed by atoms with Gasteiger partial charge in [-0.25, -0.2) is 0 Å². The molecular weight excluding hydrogens is 262 g/mol. The summed E-state index contributed by atoms with van der Waals surface area (Å²) < 4.78 is 0. The minimum atomic E-state index is 0.0231. The van der Waals surface area contributed by atoms with Crippen LogP contribution in [0.3, 0.4) is 0 Å². The van der Waals surface area contributed by atoms with Gasteiger partial charge in [0, 0.05) is 51.4 Å². The molecule has 0 unspecified atom stereocenters. The topological polar surface area (TPSA) is 38.7 Å². The smallest absolute Gasteiger partial charge is 0.0616 e. The first kappa shape index (κ1) is 15.0. The summed E-state index contributed by atoms with van der Waals surface area (Å²) in [5.41, 5.74) is 1.41. The standard InChI is InChI=1S/C17H27N3O/c21-15-17(20-12-8-18-9-13-20)6-10-19(11-7-17)14-16-4-2-1-3-5-16/h1-5,18,21H,6-15H2. The van der Waals surface area contributed by atoms with Crippen LogP contribution in [0.1, 0.15) is 18.4 Å². The summed E-state index contributed by atoms with van der Waals surface area (Å²) in [4.78, 5) is 5.04. The third-order valence-corrected chi connectivity index (χ3v) is 5.12. The number of piperidine rings is 1. The van der Waals surface area contributed by atoms with Gasteiger partial charge in [-0.15, -0.1) is 0 Å². The number of piperazine rings is 1. The Balaban J connectivity index is 1.57. The number of nitrogens with one attached hydrogen (secondary N) is 1. The van der Waals surface area contributed by atoms with E-state index < -0.39 is 0 Å². The Bertz CT molecular complexity index is 423. The van der Waals surface area contributed by atoms with E-state index >= 15 is 0 Å². The van der Waals surface area contributed by atoms with Crippen molar-refractivity contribution < 1.29 is 5.11 Å². The number of hydrogen-bond donors (Lipinski definition) is 2. The van der Waals surface area contributed by atoms with Crippen molar-refractivity contribution in [3.05, 3.63) is 35.9 Å². The SMILES string of the molecule is OCC1(N2CCNCC2)CCN(Cc2ccccc2)CC1. The number of benzene rings is 1. The Morgan fingerprint density at radius 2 is 1.67 bits per heavy atom. The van der Waals surface area contributed by atoms with Gasteiger partial charge in [0.2, 0.25) is 0 Å². The predicted molar refractivity (Wildman–Crippen MR) is 85.2 cm³/mol. The molecule has 4 heteroatoms. The van der Waals surface area contributed by atoms with Crippen molar-refractivity contribution in [2.24, 2.45) is 0 Å². The molecule has 0 aliphatic carbocycles. The minimum Gasteiger partial charge on any atom is -0.394 e. The Kier molecular flexibility index (Phi) is 4.91. The lowest BCUT2D eigenvalue weighted by atomic mass is 9.85. The summed E-state index contributed by atoms with van der Waals surface area (Å²) in [6.45, 7) is 7.73. The second-order valence-electron chi connectivity index (χ2n) is 6.38. The summed E-state index contributed by atoms with van der Waals surface area (Å²) in [5.74, 6) is 0. The van der Waals surface area contributed by atoms with Crippen molar-refractivity contribution in [1.82, 2.24) is 15.1 Å². The molecule has 2 aliphatic heterocycles. The lowest BCUT2D eigenvalue weighted by molar-refractivity contribution is -0.0266. The van der Waals surface area contributed by atoms with Gasteiger partial charge in [-0.1, -0.05) is 30.3 Å². The fourth-order valence-corrected chi connectivity index (χ4v) is 3.68. The van der Waals surface area contributed by atoms with E-state index in [9.17, 15) is 5.11 Å². The Labute approximate surface area is 127 Å². The number of nitrogens with zero attached hydrogens (tertiary/aromatic N) is 2. The maximum Gasteiger partial charge on any atom is 0.0616 e. The summed E-state index contributed by atoms with van der Waals surface area (Å²) in [6.07, 6.45) is 2.16. The van der Waals surface area contributed by atoms with Crippen LogP contribution >= 0.6 is 0 Å². The summed E-state index contributed by atoms with van der Waals surface area (Å²) in [6, 6.07) is 10.7. The second-order valence-corrected chi connectivity index (χ2v) is 6.38. The van der Waals surface area contributed by atoms with Crippen LogP contribution in [0.4, 0.5) is 0 Å². The molecule has 3 rings (SSSR count). The number of rotatable bonds is 4. The number of aliphatic hydroxyl groups excluding tert-OH is 1. The van der Waals surface area contributed by atoms with E-state index in [0.717, 1.165) is 58.7 Å². The van der Waals surface area contributed by atoms with Gasteiger partial charge < -0.3 is 10.4 Å². The van der Waals surface area contributed by atoms with Gasteiger partial charge in [0.15, 0.2) is 0 Å². The molecule has 0 aromatic heterocycles. The fourth-order valence-electron chi connectivity index (χ4n) is 3.68. The van der Waals surface area contributed by atoms with Gasteiger partial charge in [0.1, 0.15) is 0 Å². The van der Waals surface area contributed by atoms with Crippen LogP contribution in [0.25, 0.3) is 0 Å². The zero-order valence-electron chi connectivity index (χ0n) is 12.8. The van der Waals surface area contributed by atoms with E-state index in [-0.39, 0.29) is 5.54 Å². The van der Waals surface area contributed by atoms with Gasteiger partial charge in [-0.3, -0.25) is 9.80 Å². The molecule has 0 amide bonds. The molecule has 1 aromatic carbocycles. The molecule has 4 nitrogen and oxygen atoms in total. The van der Waals surface area contributed by atoms with Crippen LogP contribution in [0.2, 0.25) is 0 Å². The van der Waals surface area contributed by atoms with Crippen LogP contribution in [-0.2, 0) is 6.54 Å². The normalized spacial score (nSPS) is 24.0. The maximum absolute atomic E-state index is 9.99. The van der Waals surface area contributed by atoms with E-state index in [2.05, 4.69) is 45.4 Å². The maximum atomic E-state index is 9.99. The minimum absolute atomic E-state index is 0.0231. The molecule has 0 radical (unpaired) electrons. The number of likely N-dealkylation sites (tertiary alicyclic amines) is 1. The average Bonchev–Trinajstić information content (AvgIpc) is 2.58. The Hall–Kier alpha value is -0.940. The van der Waals surface area contributed by atoms with Gasteiger partial charge in [-0.05, 0) is 18.4 Å². The van der Waals surface area contributed by atoms with Crippen molar-refractivity contribution >= 4 is 0 Å². The summed E-state index contributed by atoms with van der Waals surface area (Å²) in [5, 5.41) is 13.4. The van der Waals surface area contributed by atoms with Crippen molar-refractivity contribution in [2.75, 3.05) is 45.9 Å². The molecule has 1 aromatic rings. The van der Waals surface area contributed by atoms with E-state index in [1.54, 1.807) is 0 Å². The monoisotopic (exact) mass is 289 g/mol. The van der Waals surface area contributed by atoms with Gasteiger partial charge in [-0.2, -0.15) is 0 Å². The number of hydrogen-bond acceptors (Lipinski definition) is 4. The molecule has 2 fully saturated rings. The zero-order chi connectivity index (χ0) is 14.5. The van der Waals surface area contributed by atoms with E-state index in [0.29, 0.717) is 6.61 Å². The van der Waals surface area contributed by atoms with E-state index in [1.807, 2.05) is 0 Å². The van der Waals surface area contributed by atoms with Gasteiger partial charge in [0.05, 0.1) is 6.61 Å². The van der Waals surface area contributed by atoms with Gasteiger partial charge >= 0.3 is 0 Å². The first-order chi connectivity index (χ1) is 10.3. The fraction of sp³-hybridized carbons (Fsp3) is 0.647. The molecule has 0 spiro atoms. The first-order valence-electron chi connectivity index (χ1n) is 8.15. The Morgan fingerprint density at radius 3 is 2.29 bits per heavy atom. The Morgan fingerprint density at radius 1 is 1.00 bits per heavy atom. The van der Waals surface area contributed by atoms with E-state index in [1.165, 1.54) is 5.56 Å². The van der Waals surface area contributed by atoms with Crippen LogP contribution in [0, 0.1) is 0 Å². The number of aliphatic hydroxyl groups is 1.